The second-order valence-corrected chi connectivity index (χ2v) is 6.19. The van der Waals surface area contributed by atoms with Crippen molar-refractivity contribution in [3.05, 3.63) is 22.8 Å². The topological polar surface area (TPSA) is 42.1 Å². The second-order valence-electron chi connectivity index (χ2n) is 5.79. The molecular formula is C15H22ClN3. The van der Waals surface area contributed by atoms with Crippen LogP contribution in [0.15, 0.2) is 12.3 Å². The molecule has 1 saturated carbocycles. The van der Waals surface area contributed by atoms with Gasteiger partial charge in [-0.1, -0.05) is 24.4 Å². The summed E-state index contributed by atoms with van der Waals surface area (Å²) in [6.45, 7) is 1.61. The van der Waals surface area contributed by atoms with Crippen LogP contribution in [0.4, 0.5) is 5.82 Å². The minimum absolute atomic E-state index is 0.482. The van der Waals surface area contributed by atoms with Crippen molar-refractivity contribution in [2.75, 3.05) is 11.4 Å². The Morgan fingerprint density at radius 1 is 1.26 bits per heavy atom. The normalized spacial score (nSPS) is 24.3. The number of aromatic nitrogens is 1. The van der Waals surface area contributed by atoms with Gasteiger partial charge in [-0.2, -0.15) is 0 Å². The molecule has 0 bridgehead atoms. The molecule has 3 rings (SSSR count). The lowest BCUT2D eigenvalue weighted by Gasteiger charge is -2.30. The maximum atomic E-state index is 6.11. The summed E-state index contributed by atoms with van der Waals surface area (Å²) in [5.41, 5.74) is 6.75. The zero-order chi connectivity index (χ0) is 13.2. The van der Waals surface area contributed by atoms with E-state index in [2.05, 4.69) is 16.0 Å². The van der Waals surface area contributed by atoms with Crippen LogP contribution in [0.5, 0.6) is 0 Å². The van der Waals surface area contributed by atoms with Gasteiger partial charge >= 0.3 is 0 Å². The van der Waals surface area contributed by atoms with Gasteiger partial charge in [-0.3, -0.25) is 0 Å². The molecule has 1 aliphatic heterocycles. The molecule has 3 nitrogen and oxygen atoms in total. The Kier molecular flexibility index (Phi) is 3.94. The third-order valence-corrected chi connectivity index (χ3v) is 5.02. The minimum atomic E-state index is 0.482. The summed E-state index contributed by atoms with van der Waals surface area (Å²) in [4.78, 5) is 7.02. The van der Waals surface area contributed by atoms with Crippen LogP contribution in [0.2, 0.25) is 5.02 Å². The number of anilines is 1. The molecule has 104 valence electrons. The van der Waals surface area contributed by atoms with Gasteiger partial charge in [-0.05, 0) is 43.2 Å². The predicted molar refractivity (Wildman–Crippen MR) is 79.5 cm³/mol. The molecule has 2 N–H and O–H groups in total. The van der Waals surface area contributed by atoms with Crippen LogP contribution >= 0.6 is 11.6 Å². The molecular weight excluding hydrogens is 258 g/mol. The fourth-order valence-corrected chi connectivity index (χ4v) is 3.87. The molecule has 1 aliphatic carbocycles. The Morgan fingerprint density at radius 3 is 2.79 bits per heavy atom. The molecule has 0 amide bonds. The molecule has 2 heterocycles. The second kappa shape index (κ2) is 5.68. The summed E-state index contributed by atoms with van der Waals surface area (Å²) >= 11 is 6.11. The summed E-state index contributed by atoms with van der Waals surface area (Å²) in [6, 6.07) is 2.76. The zero-order valence-electron chi connectivity index (χ0n) is 11.3. The maximum absolute atomic E-state index is 6.11. The van der Waals surface area contributed by atoms with Crippen molar-refractivity contribution in [3.63, 3.8) is 0 Å². The molecule has 1 aromatic heterocycles. The summed E-state index contributed by atoms with van der Waals surface area (Å²) in [6.07, 6.45) is 9.92. The summed E-state index contributed by atoms with van der Waals surface area (Å²) in [7, 11) is 0. The Bertz CT molecular complexity index is 443. The van der Waals surface area contributed by atoms with Crippen LogP contribution < -0.4 is 10.6 Å². The SMILES string of the molecule is NCc1cc(N2CCCC2C2CCCC2)ncc1Cl. The van der Waals surface area contributed by atoms with E-state index >= 15 is 0 Å². The van der Waals surface area contributed by atoms with Gasteiger partial charge in [0.1, 0.15) is 5.82 Å². The number of rotatable bonds is 3. The Hall–Kier alpha value is -0.800. The van der Waals surface area contributed by atoms with E-state index in [1.165, 1.54) is 38.5 Å². The van der Waals surface area contributed by atoms with E-state index in [4.69, 9.17) is 17.3 Å². The molecule has 2 aliphatic rings. The smallest absolute Gasteiger partial charge is 0.129 e. The highest BCUT2D eigenvalue weighted by Crippen LogP contribution is 2.37. The van der Waals surface area contributed by atoms with Gasteiger partial charge in [0.25, 0.3) is 0 Å². The molecule has 19 heavy (non-hydrogen) atoms. The Labute approximate surface area is 120 Å². The van der Waals surface area contributed by atoms with Crippen molar-refractivity contribution >= 4 is 17.4 Å². The molecule has 0 spiro atoms. The number of nitrogens with zero attached hydrogens (tertiary/aromatic N) is 2. The van der Waals surface area contributed by atoms with Crippen molar-refractivity contribution in [2.45, 2.75) is 51.1 Å². The van der Waals surface area contributed by atoms with Gasteiger partial charge in [-0.25, -0.2) is 4.98 Å². The molecule has 2 fully saturated rings. The van der Waals surface area contributed by atoms with Gasteiger partial charge in [0.2, 0.25) is 0 Å². The van der Waals surface area contributed by atoms with E-state index < -0.39 is 0 Å². The molecule has 0 aromatic carbocycles. The first-order valence-corrected chi connectivity index (χ1v) is 7.78. The average molecular weight is 280 g/mol. The number of pyridine rings is 1. The predicted octanol–water partition coefficient (Wildman–Crippen LogP) is 3.35. The first-order valence-electron chi connectivity index (χ1n) is 7.40. The Balaban J connectivity index is 1.83. The highest BCUT2D eigenvalue weighted by atomic mass is 35.5. The Morgan fingerprint density at radius 2 is 2.05 bits per heavy atom. The first-order chi connectivity index (χ1) is 9.29. The number of nitrogens with two attached hydrogens (primary N) is 1. The summed E-state index contributed by atoms with van der Waals surface area (Å²) < 4.78 is 0. The first kappa shape index (κ1) is 13.2. The van der Waals surface area contributed by atoms with E-state index in [9.17, 15) is 0 Å². The number of halogens is 1. The highest BCUT2D eigenvalue weighted by Gasteiger charge is 2.34. The zero-order valence-corrected chi connectivity index (χ0v) is 12.1. The number of hydrogen-bond acceptors (Lipinski definition) is 3. The van der Waals surface area contributed by atoms with Crippen molar-refractivity contribution in [3.8, 4) is 0 Å². The highest BCUT2D eigenvalue weighted by molar-refractivity contribution is 6.31. The van der Waals surface area contributed by atoms with E-state index in [-0.39, 0.29) is 0 Å². The van der Waals surface area contributed by atoms with Gasteiger partial charge in [0.15, 0.2) is 0 Å². The largest absolute Gasteiger partial charge is 0.353 e. The van der Waals surface area contributed by atoms with Gasteiger partial charge < -0.3 is 10.6 Å². The molecule has 1 unspecified atom stereocenters. The third-order valence-electron chi connectivity index (χ3n) is 4.68. The van der Waals surface area contributed by atoms with E-state index in [0.29, 0.717) is 17.6 Å². The van der Waals surface area contributed by atoms with Crippen LogP contribution in [-0.4, -0.2) is 17.6 Å². The van der Waals surface area contributed by atoms with Crippen LogP contribution in [0.25, 0.3) is 0 Å². The van der Waals surface area contributed by atoms with E-state index in [1.807, 2.05) is 0 Å². The van der Waals surface area contributed by atoms with E-state index in [1.54, 1.807) is 6.20 Å². The summed E-state index contributed by atoms with van der Waals surface area (Å²) in [5.74, 6) is 1.93. The van der Waals surface area contributed by atoms with Crippen molar-refractivity contribution in [1.82, 2.24) is 4.98 Å². The van der Waals surface area contributed by atoms with Gasteiger partial charge in [-0.15, -0.1) is 0 Å². The lowest BCUT2D eigenvalue weighted by atomic mass is 9.96. The molecule has 1 aromatic rings. The monoisotopic (exact) mass is 279 g/mol. The van der Waals surface area contributed by atoms with Crippen LogP contribution in [0.3, 0.4) is 0 Å². The van der Waals surface area contributed by atoms with E-state index in [0.717, 1.165) is 23.8 Å². The van der Waals surface area contributed by atoms with Crippen molar-refractivity contribution in [2.24, 2.45) is 11.7 Å². The standard InChI is InChI=1S/C15H22ClN3/c16-13-10-18-15(8-12(13)9-17)19-7-3-6-14(19)11-4-1-2-5-11/h8,10-11,14H,1-7,9,17H2. The third kappa shape index (κ3) is 2.59. The lowest BCUT2D eigenvalue weighted by molar-refractivity contribution is 0.429. The van der Waals surface area contributed by atoms with Crippen LogP contribution in [0, 0.1) is 5.92 Å². The van der Waals surface area contributed by atoms with Crippen LogP contribution in [0.1, 0.15) is 44.1 Å². The van der Waals surface area contributed by atoms with Gasteiger partial charge in [0, 0.05) is 25.3 Å². The quantitative estimate of drug-likeness (QED) is 0.923. The molecule has 1 atom stereocenters. The molecule has 1 saturated heterocycles. The van der Waals surface area contributed by atoms with Gasteiger partial charge in [0.05, 0.1) is 5.02 Å². The average Bonchev–Trinajstić information content (AvgIpc) is 3.09. The van der Waals surface area contributed by atoms with Crippen molar-refractivity contribution in [1.29, 1.82) is 0 Å². The summed E-state index contributed by atoms with van der Waals surface area (Å²) in [5, 5.41) is 0.683. The van der Waals surface area contributed by atoms with Crippen LogP contribution in [-0.2, 0) is 6.54 Å². The maximum Gasteiger partial charge on any atom is 0.129 e. The fraction of sp³-hybridized carbons (Fsp3) is 0.667. The molecule has 0 radical (unpaired) electrons. The fourth-order valence-electron chi connectivity index (χ4n) is 3.69. The lowest BCUT2D eigenvalue weighted by Crippen LogP contribution is -2.35. The number of hydrogen-bond donors (Lipinski definition) is 1. The van der Waals surface area contributed by atoms with Crippen molar-refractivity contribution < 1.29 is 0 Å². The molecule has 4 heteroatoms. The minimum Gasteiger partial charge on any atom is -0.353 e.